The Labute approximate surface area is 209 Å². The van der Waals surface area contributed by atoms with E-state index in [0.717, 1.165) is 0 Å². The van der Waals surface area contributed by atoms with Gasteiger partial charge in [0.05, 0.1) is 18.5 Å². The molecule has 0 saturated carbocycles. The average Bonchev–Trinajstić information content (AvgIpc) is 3.16. The Morgan fingerprint density at radius 1 is 1.19 bits per heavy atom. The second-order valence-electron chi connectivity index (χ2n) is 9.39. The minimum absolute atomic E-state index is 0.0797. The van der Waals surface area contributed by atoms with Gasteiger partial charge >= 0.3 is 5.97 Å². The molecule has 3 amide bonds. The lowest BCUT2D eigenvalue weighted by atomic mass is 9.92. The van der Waals surface area contributed by atoms with Crippen LogP contribution >= 0.6 is 0 Å². The van der Waals surface area contributed by atoms with Crippen molar-refractivity contribution >= 4 is 23.7 Å². The van der Waals surface area contributed by atoms with Crippen molar-refractivity contribution in [2.75, 3.05) is 0 Å². The summed E-state index contributed by atoms with van der Waals surface area (Å²) in [6.07, 6.45) is 2.87. The summed E-state index contributed by atoms with van der Waals surface area (Å²) in [6, 6.07) is -3.57. The summed E-state index contributed by atoms with van der Waals surface area (Å²) < 4.78 is 4.71. The number of esters is 1. The van der Waals surface area contributed by atoms with Crippen molar-refractivity contribution in [3.05, 3.63) is 28.9 Å². The summed E-state index contributed by atoms with van der Waals surface area (Å²) in [6.45, 7) is 6.31. The number of aliphatic hydroxyl groups excluding tert-OH is 2. The van der Waals surface area contributed by atoms with Gasteiger partial charge in [-0.1, -0.05) is 19.9 Å². The number of aliphatic hydroxyl groups is 2. The molecular weight excluding hydrogens is 474 g/mol. The van der Waals surface area contributed by atoms with E-state index in [1.165, 1.54) is 19.9 Å². The Hall–Kier alpha value is -3.32. The SMILES string of the molecule is CC(=O)NC(CC1C=CC(O)=CC1)C(=O)NC(C(C)C)C(O)NC(C)C(=O)N[C@H]1CC(=O)OC1N=O. The van der Waals surface area contributed by atoms with Crippen LogP contribution in [0.4, 0.5) is 0 Å². The Bertz CT molecular complexity index is 905. The third-order valence-corrected chi connectivity index (χ3v) is 6.00. The van der Waals surface area contributed by atoms with Gasteiger partial charge in [-0.15, -0.1) is 4.91 Å². The van der Waals surface area contributed by atoms with E-state index in [9.17, 15) is 34.3 Å². The Morgan fingerprint density at radius 3 is 2.44 bits per heavy atom. The molecule has 0 bridgehead atoms. The number of carbonyl (C=O) groups is 4. The van der Waals surface area contributed by atoms with Crippen LogP contribution in [0.3, 0.4) is 0 Å². The normalized spacial score (nSPS) is 24.7. The molecule has 0 aromatic carbocycles. The molecule has 7 atom stereocenters. The number of ether oxygens (including phenoxy) is 1. The van der Waals surface area contributed by atoms with Gasteiger partial charge in [0.2, 0.25) is 17.7 Å². The summed E-state index contributed by atoms with van der Waals surface area (Å²) in [5.41, 5.74) is 0. The maximum atomic E-state index is 13.1. The Kier molecular flexibility index (Phi) is 10.5. The molecule has 1 aliphatic carbocycles. The van der Waals surface area contributed by atoms with Crippen molar-refractivity contribution in [1.29, 1.82) is 0 Å². The summed E-state index contributed by atoms with van der Waals surface area (Å²) in [4.78, 5) is 59.5. The second kappa shape index (κ2) is 13.1. The van der Waals surface area contributed by atoms with Gasteiger partial charge in [0.15, 0.2) is 0 Å². The molecule has 1 heterocycles. The molecule has 13 heteroatoms. The molecule has 0 aromatic rings. The lowest BCUT2D eigenvalue weighted by Crippen LogP contribution is -2.60. The van der Waals surface area contributed by atoms with Crippen LogP contribution < -0.4 is 21.3 Å². The first-order valence-corrected chi connectivity index (χ1v) is 11.8. The van der Waals surface area contributed by atoms with Crippen LogP contribution in [-0.4, -0.2) is 70.5 Å². The standard InChI is InChI=1S/C23H35N5O8/c1-11(2)19(22(34)24-12(3)20(32)26-17-10-18(31)36-23(17)28-35)27-21(33)16(25-13(4)29)9-14-5-7-15(30)8-6-14/h5,7-8,11-12,14,16-17,19,22-24,30,34H,6,9-10H2,1-4H3,(H,25,29)(H,26,32)(H,27,33)/t12?,14?,16?,17-,19?,22?,23?/m0/s1. The smallest absolute Gasteiger partial charge is 0.310 e. The van der Waals surface area contributed by atoms with Crippen LogP contribution in [0.15, 0.2) is 29.2 Å². The second-order valence-corrected chi connectivity index (χ2v) is 9.39. The highest BCUT2D eigenvalue weighted by Crippen LogP contribution is 2.21. The molecule has 1 saturated heterocycles. The predicted octanol–water partition coefficient (Wildman–Crippen LogP) is -0.139. The molecule has 2 aliphatic rings. The Morgan fingerprint density at radius 2 is 1.89 bits per heavy atom. The monoisotopic (exact) mass is 509 g/mol. The minimum atomic E-state index is -1.34. The van der Waals surface area contributed by atoms with Crippen LogP contribution in [0.2, 0.25) is 0 Å². The topological polar surface area (TPSA) is 196 Å². The number of nitrogens with zero attached hydrogens (tertiary/aromatic N) is 1. The number of nitrogens with one attached hydrogen (secondary N) is 4. The van der Waals surface area contributed by atoms with Crippen LogP contribution in [0, 0.1) is 16.7 Å². The van der Waals surface area contributed by atoms with Crippen molar-refractivity contribution in [3.8, 4) is 0 Å². The van der Waals surface area contributed by atoms with E-state index in [-0.39, 0.29) is 30.4 Å². The van der Waals surface area contributed by atoms with E-state index in [0.29, 0.717) is 6.42 Å². The number of hydrogen-bond acceptors (Lipinski definition) is 10. The summed E-state index contributed by atoms with van der Waals surface area (Å²) in [5, 5.41) is 33.6. The van der Waals surface area contributed by atoms with E-state index in [4.69, 9.17) is 4.74 Å². The van der Waals surface area contributed by atoms with Gasteiger partial charge in [0.1, 0.15) is 24.1 Å². The fourth-order valence-corrected chi connectivity index (χ4v) is 3.99. The van der Waals surface area contributed by atoms with Gasteiger partial charge in [0.25, 0.3) is 6.23 Å². The maximum absolute atomic E-state index is 13.1. The summed E-state index contributed by atoms with van der Waals surface area (Å²) in [5.74, 6) is -2.35. The molecule has 6 unspecified atom stereocenters. The Balaban J connectivity index is 1.99. The molecule has 0 spiro atoms. The predicted molar refractivity (Wildman–Crippen MR) is 128 cm³/mol. The van der Waals surface area contributed by atoms with Gasteiger partial charge in [-0.25, -0.2) is 0 Å². The zero-order chi connectivity index (χ0) is 27.0. The first kappa shape index (κ1) is 28.9. The molecule has 1 fully saturated rings. The fourth-order valence-electron chi connectivity index (χ4n) is 3.99. The number of hydrogen-bond donors (Lipinski definition) is 6. The molecule has 0 radical (unpaired) electrons. The maximum Gasteiger partial charge on any atom is 0.310 e. The third kappa shape index (κ3) is 8.41. The molecule has 13 nitrogen and oxygen atoms in total. The number of cyclic esters (lactones) is 1. The van der Waals surface area contributed by atoms with Gasteiger partial charge in [-0.2, -0.15) is 0 Å². The van der Waals surface area contributed by atoms with Crippen molar-refractivity contribution in [2.45, 2.75) is 83.6 Å². The third-order valence-electron chi connectivity index (χ3n) is 6.00. The molecule has 2 rings (SSSR count). The zero-order valence-corrected chi connectivity index (χ0v) is 20.8. The zero-order valence-electron chi connectivity index (χ0n) is 20.8. The van der Waals surface area contributed by atoms with Crippen LogP contribution in [-0.2, 0) is 23.9 Å². The highest BCUT2D eigenvalue weighted by Gasteiger charge is 2.38. The van der Waals surface area contributed by atoms with E-state index in [2.05, 4.69) is 26.4 Å². The number of carbonyl (C=O) groups excluding carboxylic acids is 4. The van der Waals surface area contributed by atoms with E-state index in [1.807, 2.05) is 0 Å². The first-order chi connectivity index (χ1) is 16.9. The number of rotatable bonds is 12. The van der Waals surface area contributed by atoms with Gasteiger partial charge in [0, 0.05) is 6.92 Å². The van der Waals surface area contributed by atoms with Crippen LogP contribution in [0.25, 0.3) is 0 Å². The van der Waals surface area contributed by atoms with E-state index >= 15 is 0 Å². The van der Waals surface area contributed by atoms with E-state index in [1.54, 1.807) is 26.0 Å². The van der Waals surface area contributed by atoms with E-state index < -0.39 is 60.3 Å². The molecule has 1 aliphatic heterocycles. The average molecular weight is 510 g/mol. The molecule has 36 heavy (non-hydrogen) atoms. The summed E-state index contributed by atoms with van der Waals surface area (Å²) in [7, 11) is 0. The molecule has 6 N–H and O–H groups in total. The number of amides is 3. The van der Waals surface area contributed by atoms with Gasteiger partial charge in [-0.3, -0.25) is 24.5 Å². The highest BCUT2D eigenvalue weighted by atomic mass is 16.6. The fraction of sp³-hybridized carbons (Fsp3) is 0.652. The van der Waals surface area contributed by atoms with Gasteiger partial charge in [-0.05, 0) is 48.9 Å². The molecular formula is C23H35N5O8. The van der Waals surface area contributed by atoms with Crippen molar-refractivity contribution in [1.82, 2.24) is 21.3 Å². The lowest BCUT2D eigenvalue weighted by Gasteiger charge is -2.32. The molecule has 0 aromatic heterocycles. The highest BCUT2D eigenvalue weighted by molar-refractivity contribution is 5.87. The number of nitroso groups, excluding NO2 is 1. The lowest BCUT2D eigenvalue weighted by molar-refractivity contribution is -0.141. The van der Waals surface area contributed by atoms with Crippen molar-refractivity contribution in [3.63, 3.8) is 0 Å². The molecule has 200 valence electrons. The summed E-state index contributed by atoms with van der Waals surface area (Å²) >= 11 is 0. The minimum Gasteiger partial charge on any atom is -0.508 e. The number of allylic oxidation sites excluding steroid dienone is 3. The van der Waals surface area contributed by atoms with Crippen LogP contribution in [0.1, 0.15) is 47.0 Å². The van der Waals surface area contributed by atoms with Crippen LogP contribution in [0.5, 0.6) is 0 Å². The van der Waals surface area contributed by atoms with Crippen molar-refractivity contribution in [2.24, 2.45) is 17.0 Å². The largest absolute Gasteiger partial charge is 0.508 e. The first-order valence-electron chi connectivity index (χ1n) is 11.8. The van der Waals surface area contributed by atoms with Crippen molar-refractivity contribution < 1.29 is 34.1 Å². The van der Waals surface area contributed by atoms with Gasteiger partial charge < -0.3 is 30.9 Å². The quantitative estimate of drug-likeness (QED) is 0.118.